The van der Waals surface area contributed by atoms with E-state index in [1.165, 1.54) is 0 Å². The largest absolute Gasteiger partial charge is 0.496 e. The van der Waals surface area contributed by atoms with Crippen molar-refractivity contribution >= 4 is 27.5 Å². The van der Waals surface area contributed by atoms with Crippen molar-refractivity contribution in [2.45, 2.75) is 12.3 Å². The Morgan fingerprint density at radius 1 is 1.24 bits per heavy atom. The lowest BCUT2D eigenvalue weighted by molar-refractivity contribution is -0.119. The van der Waals surface area contributed by atoms with Gasteiger partial charge in [-0.1, -0.05) is 34.1 Å². The molecule has 0 saturated heterocycles. The van der Waals surface area contributed by atoms with Crippen LogP contribution < -0.4 is 9.64 Å². The first-order chi connectivity index (χ1) is 10.1. The molecule has 0 fully saturated rings. The second-order valence-electron chi connectivity index (χ2n) is 5.17. The first-order valence-electron chi connectivity index (χ1n) is 6.80. The van der Waals surface area contributed by atoms with Crippen LogP contribution in [0.25, 0.3) is 0 Å². The number of fused-ring (bicyclic) bond motifs is 1. The number of rotatable bonds is 3. The maximum atomic E-state index is 12.5. The number of hydrogen-bond acceptors (Lipinski definition) is 2. The number of amides is 1. The summed E-state index contributed by atoms with van der Waals surface area (Å²) in [7, 11) is 3.49. The Morgan fingerprint density at radius 2 is 2.00 bits per heavy atom. The molecule has 0 aliphatic carbocycles. The van der Waals surface area contributed by atoms with E-state index in [1.54, 1.807) is 12.0 Å². The van der Waals surface area contributed by atoms with E-state index in [-0.39, 0.29) is 11.8 Å². The number of hydrogen-bond donors (Lipinski definition) is 0. The summed E-state index contributed by atoms with van der Waals surface area (Å²) in [4.78, 5) is 14.3. The van der Waals surface area contributed by atoms with Gasteiger partial charge < -0.3 is 9.64 Å². The third-order valence-electron chi connectivity index (χ3n) is 3.97. The first kappa shape index (κ1) is 14.1. The zero-order valence-electron chi connectivity index (χ0n) is 12.0. The normalized spacial score (nSPS) is 17.0. The molecule has 21 heavy (non-hydrogen) atoms. The van der Waals surface area contributed by atoms with Crippen LogP contribution in [0, 0.1) is 0 Å². The van der Waals surface area contributed by atoms with Gasteiger partial charge in [0.1, 0.15) is 5.75 Å². The van der Waals surface area contributed by atoms with Gasteiger partial charge in [-0.25, -0.2) is 0 Å². The number of ether oxygens (including phenoxy) is 1. The predicted octanol–water partition coefficient (Wildman–Crippen LogP) is 3.76. The molecule has 1 atom stereocenters. The highest BCUT2D eigenvalue weighted by atomic mass is 79.9. The Hall–Kier alpha value is -1.81. The minimum Gasteiger partial charge on any atom is -0.496 e. The lowest BCUT2D eigenvalue weighted by atomic mass is 9.93. The summed E-state index contributed by atoms with van der Waals surface area (Å²) < 4.78 is 6.39. The molecule has 3 nitrogen and oxygen atoms in total. The molecule has 108 valence electrons. The summed E-state index contributed by atoms with van der Waals surface area (Å²) in [5, 5.41) is 0. The molecule has 0 saturated carbocycles. The smallest absolute Gasteiger partial charge is 0.234 e. The fraction of sp³-hybridized carbons (Fsp3) is 0.235. The van der Waals surface area contributed by atoms with Crippen molar-refractivity contribution in [3.8, 4) is 5.75 Å². The maximum Gasteiger partial charge on any atom is 0.234 e. The third-order valence-corrected chi connectivity index (χ3v) is 4.46. The van der Waals surface area contributed by atoms with Crippen molar-refractivity contribution in [1.82, 2.24) is 0 Å². The highest BCUT2D eigenvalue weighted by molar-refractivity contribution is 9.10. The molecule has 0 N–H and O–H groups in total. The molecule has 1 amide bonds. The first-order valence-corrected chi connectivity index (χ1v) is 7.60. The van der Waals surface area contributed by atoms with Crippen LogP contribution in [0.15, 0.2) is 46.9 Å². The zero-order chi connectivity index (χ0) is 15.0. The maximum absolute atomic E-state index is 12.5. The van der Waals surface area contributed by atoms with E-state index in [1.807, 2.05) is 49.5 Å². The summed E-state index contributed by atoms with van der Waals surface area (Å²) in [6.45, 7) is 0. The molecule has 0 spiro atoms. The van der Waals surface area contributed by atoms with Crippen LogP contribution >= 0.6 is 15.9 Å². The Kier molecular flexibility index (Phi) is 3.72. The van der Waals surface area contributed by atoms with Crippen molar-refractivity contribution in [2.24, 2.45) is 0 Å². The van der Waals surface area contributed by atoms with E-state index < -0.39 is 0 Å². The molecule has 0 unspecified atom stereocenters. The molecule has 0 aromatic heterocycles. The van der Waals surface area contributed by atoms with Gasteiger partial charge in [-0.3, -0.25) is 4.79 Å². The fourth-order valence-corrected chi connectivity index (χ4v) is 3.26. The summed E-state index contributed by atoms with van der Waals surface area (Å²) in [6, 6.07) is 13.9. The average Bonchev–Trinajstić information content (AvgIpc) is 2.72. The van der Waals surface area contributed by atoms with E-state index >= 15 is 0 Å². The van der Waals surface area contributed by atoms with E-state index in [0.29, 0.717) is 6.42 Å². The number of carbonyl (C=O) groups excluding carboxylic acids is 1. The summed E-state index contributed by atoms with van der Waals surface area (Å²) in [5.41, 5.74) is 3.12. The molecule has 3 rings (SSSR count). The fourth-order valence-electron chi connectivity index (χ4n) is 2.88. The van der Waals surface area contributed by atoms with Crippen LogP contribution in [0.2, 0.25) is 0 Å². The van der Waals surface area contributed by atoms with Gasteiger partial charge in [-0.05, 0) is 41.8 Å². The van der Waals surface area contributed by atoms with Crippen molar-refractivity contribution < 1.29 is 9.53 Å². The van der Waals surface area contributed by atoms with E-state index in [4.69, 9.17) is 4.74 Å². The quantitative estimate of drug-likeness (QED) is 0.847. The number of para-hydroxylation sites is 1. The molecule has 0 bridgehead atoms. The SMILES string of the molecule is COc1ccccc1C[C@@H]1C(=O)N(C)c2ccc(Br)cc21. The number of methoxy groups -OCH3 is 1. The van der Waals surface area contributed by atoms with Gasteiger partial charge in [0.05, 0.1) is 13.0 Å². The summed E-state index contributed by atoms with van der Waals surface area (Å²) in [5.74, 6) is 0.809. The van der Waals surface area contributed by atoms with Gasteiger partial charge in [0.15, 0.2) is 0 Å². The second kappa shape index (κ2) is 5.53. The predicted molar refractivity (Wildman–Crippen MR) is 87.0 cm³/mol. The Morgan fingerprint density at radius 3 is 2.76 bits per heavy atom. The number of halogens is 1. The van der Waals surface area contributed by atoms with Gasteiger partial charge in [-0.2, -0.15) is 0 Å². The lowest BCUT2D eigenvalue weighted by Crippen LogP contribution is -2.24. The molecule has 1 aliphatic rings. The molecule has 2 aromatic rings. The topological polar surface area (TPSA) is 29.5 Å². The number of benzene rings is 2. The van der Waals surface area contributed by atoms with Gasteiger partial charge in [0.2, 0.25) is 5.91 Å². The van der Waals surface area contributed by atoms with E-state index in [0.717, 1.165) is 27.0 Å². The van der Waals surface area contributed by atoms with Gasteiger partial charge >= 0.3 is 0 Å². The minimum atomic E-state index is -0.154. The lowest BCUT2D eigenvalue weighted by Gasteiger charge is -2.13. The van der Waals surface area contributed by atoms with Crippen LogP contribution in [0.5, 0.6) is 5.75 Å². The Balaban J connectivity index is 2.00. The van der Waals surface area contributed by atoms with Gasteiger partial charge in [0.25, 0.3) is 0 Å². The van der Waals surface area contributed by atoms with Gasteiger partial charge in [0, 0.05) is 17.2 Å². The van der Waals surface area contributed by atoms with Crippen molar-refractivity contribution in [3.05, 3.63) is 58.1 Å². The molecule has 0 radical (unpaired) electrons. The van der Waals surface area contributed by atoms with Crippen molar-refractivity contribution in [3.63, 3.8) is 0 Å². The van der Waals surface area contributed by atoms with Crippen LogP contribution in [-0.4, -0.2) is 20.1 Å². The van der Waals surface area contributed by atoms with Crippen LogP contribution in [0.1, 0.15) is 17.0 Å². The molecule has 2 aromatic carbocycles. The second-order valence-corrected chi connectivity index (χ2v) is 6.08. The Bertz CT molecular complexity index is 699. The average molecular weight is 346 g/mol. The zero-order valence-corrected chi connectivity index (χ0v) is 13.6. The van der Waals surface area contributed by atoms with Crippen LogP contribution in [0.3, 0.4) is 0 Å². The summed E-state index contributed by atoms with van der Waals surface area (Å²) in [6.07, 6.45) is 0.649. The summed E-state index contributed by atoms with van der Waals surface area (Å²) >= 11 is 3.49. The van der Waals surface area contributed by atoms with E-state index in [2.05, 4.69) is 15.9 Å². The monoisotopic (exact) mass is 345 g/mol. The molecular formula is C17H16BrNO2. The van der Waals surface area contributed by atoms with Crippen molar-refractivity contribution in [1.29, 1.82) is 0 Å². The highest BCUT2D eigenvalue weighted by Crippen LogP contribution is 2.40. The van der Waals surface area contributed by atoms with Crippen LogP contribution in [-0.2, 0) is 11.2 Å². The third kappa shape index (κ3) is 2.44. The van der Waals surface area contributed by atoms with Gasteiger partial charge in [-0.15, -0.1) is 0 Å². The molecular weight excluding hydrogens is 330 g/mol. The number of likely N-dealkylation sites (N-methyl/N-ethyl adjacent to an activating group) is 1. The van der Waals surface area contributed by atoms with E-state index in [9.17, 15) is 4.79 Å². The number of anilines is 1. The number of nitrogens with zero attached hydrogens (tertiary/aromatic N) is 1. The minimum absolute atomic E-state index is 0.133. The Labute approximate surface area is 132 Å². The molecule has 4 heteroatoms. The van der Waals surface area contributed by atoms with Crippen molar-refractivity contribution in [2.75, 3.05) is 19.1 Å². The number of carbonyl (C=O) groups is 1. The highest BCUT2D eigenvalue weighted by Gasteiger charge is 2.35. The molecule has 1 heterocycles. The molecule has 1 aliphatic heterocycles. The van der Waals surface area contributed by atoms with Crippen LogP contribution in [0.4, 0.5) is 5.69 Å². The standard InChI is InChI=1S/C17H16BrNO2/c1-19-15-8-7-12(18)10-13(15)14(17(19)20)9-11-5-3-4-6-16(11)21-2/h3-8,10,14H,9H2,1-2H3/t14-/m0/s1.